The maximum atomic E-state index is 13.7. The van der Waals surface area contributed by atoms with Gasteiger partial charge in [-0.25, -0.2) is 9.18 Å². The summed E-state index contributed by atoms with van der Waals surface area (Å²) in [6, 6.07) is 5.65. The second kappa shape index (κ2) is 7.33. The van der Waals surface area contributed by atoms with Crippen LogP contribution in [0.3, 0.4) is 0 Å². The molecule has 1 saturated heterocycles. The number of carbonyl (C=O) groups excluding carboxylic acids is 2. The van der Waals surface area contributed by atoms with Gasteiger partial charge >= 0.3 is 6.03 Å². The van der Waals surface area contributed by atoms with Crippen molar-refractivity contribution >= 4 is 17.6 Å². The molecule has 3 rings (SSSR count). The zero-order valence-corrected chi connectivity index (χ0v) is 13.9. The van der Waals surface area contributed by atoms with Gasteiger partial charge < -0.3 is 15.5 Å². The first-order valence-corrected chi connectivity index (χ1v) is 8.15. The lowest BCUT2D eigenvalue weighted by Crippen LogP contribution is -2.40. The summed E-state index contributed by atoms with van der Waals surface area (Å²) in [7, 11) is 1.43. The summed E-state index contributed by atoms with van der Waals surface area (Å²) in [5, 5.41) is 12.0. The molecule has 2 heterocycles. The number of carbonyl (C=O) groups is 2. The van der Waals surface area contributed by atoms with Crippen LogP contribution in [0.4, 0.5) is 14.9 Å². The number of hydrogen-bond donors (Lipinski definition) is 3. The number of aromatic amines is 1. The minimum Gasteiger partial charge on any atom is -0.355 e. The number of H-pyrrole nitrogens is 1. The van der Waals surface area contributed by atoms with Crippen molar-refractivity contribution in [2.45, 2.75) is 18.8 Å². The molecule has 8 heteroatoms. The SMILES string of the molecule is CNC(=O)c1cc(NC(=O)N2CCC(c3ccn[nH]3)CC2)ccc1F. The molecular formula is C17H20FN5O2. The van der Waals surface area contributed by atoms with Crippen molar-refractivity contribution in [2.75, 3.05) is 25.5 Å². The fourth-order valence-corrected chi connectivity index (χ4v) is 3.00. The van der Waals surface area contributed by atoms with Crippen molar-refractivity contribution in [3.63, 3.8) is 0 Å². The highest BCUT2D eigenvalue weighted by atomic mass is 19.1. The van der Waals surface area contributed by atoms with Gasteiger partial charge in [0, 0.05) is 43.6 Å². The van der Waals surface area contributed by atoms with Crippen LogP contribution in [0.15, 0.2) is 30.5 Å². The van der Waals surface area contributed by atoms with Crippen LogP contribution in [0.25, 0.3) is 0 Å². The van der Waals surface area contributed by atoms with Crippen LogP contribution in [0, 0.1) is 5.82 Å². The van der Waals surface area contributed by atoms with Gasteiger partial charge in [0.1, 0.15) is 5.82 Å². The van der Waals surface area contributed by atoms with Crippen LogP contribution in [0.1, 0.15) is 34.8 Å². The first kappa shape index (κ1) is 16.9. The van der Waals surface area contributed by atoms with E-state index in [4.69, 9.17) is 0 Å². The van der Waals surface area contributed by atoms with Gasteiger partial charge in [0.05, 0.1) is 5.56 Å². The quantitative estimate of drug-likeness (QED) is 0.797. The Labute approximate surface area is 144 Å². The zero-order valence-electron chi connectivity index (χ0n) is 13.9. The molecule has 1 aliphatic heterocycles. The first-order chi connectivity index (χ1) is 12.1. The molecule has 0 aliphatic carbocycles. The molecule has 3 amide bonds. The van der Waals surface area contributed by atoms with Crippen molar-refractivity contribution in [3.05, 3.63) is 47.5 Å². The third-order valence-electron chi connectivity index (χ3n) is 4.43. The van der Waals surface area contributed by atoms with E-state index in [-0.39, 0.29) is 11.6 Å². The molecule has 0 atom stereocenters. The molecule has 0 saturated carbocycles. The number of rotatable bonds is 3. The molecule has 1 aromatic heterocycles. The Morgan fingerprint density at radius 3 is 2.68 bits per heavy atom. The van der Waals surface area contributed by atoms with E-state index in [2.05, 4.69) is 20.8 Å². The monoisotopic (exact) mass is 345 g/mol. The predicted molar refractivity (Wildman–Crippen MR) is 90.9 cm³/mol. The van der Waals surface area contributed by atoms with E-state index in [0.717, 1.165) is 18.5 Å². The molecule has 132 valence electrons. The lowest BCUT2D eigenvalue weighted by atomic mass is 9.94. The van der Waals surface area contributed by atoms with Gasteiger partial charge in [-0.05, 0) is 37.1 Å². The highest BCUT2D eigenvalue weighted by molar-refractivity contribution is 5.97. The molecule has 0 bridgehead atoms. The number of piperidine rings is 1. The van der Waals surface area contributed by atoms with Crippen LogP contribution < -0.4 is 10.6 Å². The molecule has 1 aromatic carbocycles. The summed E-state index contributed by atoms with van der Waals surface area (Å²) < 4.78 is 13.7. The molecule has 0 spiro atoms. The number of nitrogens with zero attached hydrogens (tertiary/aromatic N) is 2. The number of likely N-dealkylation sites (tertiary alicyclic amines) is 1. The number of hydrogen-bond acceptors (Lipinski definition) is 3. The minimum atomic E-state index is -0.627. The lowest BCUT2D eigenvalue weighted by Gasteiger charge is -2.31. The Bertz CT molecular complexity index is 754. The van der Waals surface area contributed by atoms with E-state index in [1.807, 2.05) is 6.07 Å². The Balaban J connectivity index is 1.60. The zero-order chi connectivity index (χ0) is 17.8. The highest BCUT2D eigenvalue weighted by Crippen LogP contribution is 2.26. The van der Waals surface area contributed by atoms with E-state index in [1.165, 1.54) is 25.2 Å². The summed E-state index contributed by atoms with van der Waals surface area (Å²) in [5.74, 6) is -0.788. The molecule has 0 radical (unpaired) electrons. The summed E-state index contributed by atoms with van der Waals surface area (Å²) in [6.45, 7) is 1.25. The summed E-state index contributed by atoms with van der Waals surface area (Å²) in [5.41, 5.74) is 1.38. The molecule has 7 nitrogen and oxygen atoms in total. The summed E-state index contributed by atoms with van der Waals surface area (Å²) in [4.78, 5) is 25.8. The molecule has 1 fully saturated rings. The minimum absolute atomic E-state index is 0.0988. The van der Waals surface area contributed by atoms with E-state index < -0.39 is 11.7 Å². The third kappa shape index (κ3) is 3.78. The molecule has 1 aliphatic rings. The maximum absolute atomic E-state index is 13.7. The maximum Gasteiger partial charge on any atom is 0.321 e. The van der Waals surface area contributed by atoms with Crippen LogP contribution in [-0.2, 0) is 0 Å². The summed E-state index contributed by atoms with van der Waals surface area (Å²) in [6.07, 6.45) is 3.43. The van der Waals surface area contributed by atoms with Gasteiger partial charge in [0.25, 0.3) is 5.91 Å². The Kier molecular flexibility index (Phi) is 4.97. The van der Waals surface area contributed by atoms with Crippen molar-refractivity contribution in [1.82, 2.24) is 20.4 Å². The number of urea groups is 1. The number of halogens is 1. The molecule has 0 unspecified atom stereocenters. The topological polar surface area (TPSA) is 90.1 Å². The first-order valence-electron chi connectivity index (χ1n) is 8.15. The summed E-state index contributed by atoms with van der Waals surface area (Å²) >= 11 is 0. The van der Waals surface area contributed by atoms with Crippen LogP contribution in [0.2, 0.25) is 0 Å². The highest BCUT2D eigenvalue weighted by Gasteiger charge is 2.24. The number of nitrogens with one attached hydrogen (secondary N) is 3. The normalized spacial score (nSPS) is 15.0. The standard InChI is InChI=1S/C17H20FN5O2/c1-19-16(24)13-10-12(2-3-14(13)18)21-17(25)23-8-5-11(6-9-23)15-4-7-20-22-15/h2-4,7,10-11H,5-6,8-9H2,1H3,(H,19,24)(H,20,22)(H,21,25). The van der Waals surface area contributed by atoms with Crippen LogP contribution in [0.5, 0.6) is 0 Å². The van der Waals surface area contributed by atoms with Gasteiger partial charge in [-0.2, -0.15) is 5.10 Å². The van der Waals surface area contributed by atoms with Gasteiger partial charge in [-0.15, -0.1) is 0 Å². The van der Waals surface area contributed by atoms with Gasteiger partial charge in [-0.1, -0.05) is 0 Å². The van der Waals surface area contributed by atoms with Crippen molar-refractivity contribution in [1.29, 1.82) is 0 Å². The number of benzene rings is 1. The van der Waals surface area contributed by atoms with E-state index in [0.29, 0.717) is 24.7 Å². The fourth-order valence-electron chi connectivity index (χ4n) is 3.00. The van der Waals surface area contributed by atoms with Gasteiger partial charge in [0.15, 0.2) is 0 Å². The van der Waals surface area contributed by atoms with Crippen molar-refractivity contribution in [2.24, 2.45) is 0 Å². The van der Waals surface area contributed by atoms with Gasteiger partial charge in [0.2, 0.25) is 0 Å². The van der Waals surface area contributed by atoms with Gasteiger partial charge in [-0.3, -0.25) is 9.89 Å². The fraction of sp³-hybridized carbons (Fsp3) is 0.353. The second-order valence-electron chi connectivity index (χ2n) is 5.98. The Morgan fingerprint density at radius 1 is 1.28 bits per heavy atom. The average Bonchev–Trinajstić information content (AvgIpc) is 3.17. The van der Waals surface area contributed by atoms with E-state index in [9.17, 15) is 14.0 Å². The number of anilines is 1. The lowest BCUT2D eigenvalue weighted by molar-refractivity contribution is 0.0959. The van der Waals surface area contributed by atoms with E-state index >= 15 is 0 Å². The predicted octanol–water partition coefficient (Wildman–Crippen LogP) is 2.32. The number of aromatic nitrogens is 2. The Hall–Kier alpha value is -2.90. The largest absolute Gasteiger partial charge is 0.355 e. The Morgan fingerprint density at radius 2 is 2.04 bits per heavy atom. The van der Waals surface area contributed by atoms with Crippen LogP contribution in [-0.4, -0.2) is 47.2 Å². The number of amides is 3. The molecule has 25 heavy (non-hydrogen) atoms. The van der Waals surface area contributed by atoms with Crippen LogP contribution >= 0.6 is 0 Å². The second-order valence-corrected chi connectivity index (χ2v) is 5.98. The smallest absolute Gasteiger partial charge is 0.321 e. The van der Waals surface area contributed by atoms with E-state index in [1.54, 1.807) is 11.1 Å². The molecule has 2 aromatic rings. The molecular weight excluding hydrogens is 325 g/mol. The third-order valence-corrected chi connectivity index (χ3v) is 4.43. The van der Waals surface area contributed by atoms with Crippen molar-refractivity contribution in [3.8, 4) is 0 Å². The average molecular weight is 345 g/mol. The molecule has 3 N–H and O–H groups in total. The van der Waals surface area contributed by atoms with Crippen molar-refractivity contribution < 1.29 is 14.0 Å².